The van der Waals surface area contributed by atoms with Crippen LogP contribution in [0.5, 0.6) is 0 Å². The van der Waals surface area contributed by atoms with E-state index in [0.29, 0.717) is 37.2 Å². The van der Waals surface area contributed by atoms with E-state index in [1.165, 1.54) is 13.0 Å². The molecule has 138 valence electrons. The Kier molecular flexibility index (Phi) is 6.27. The van der Waals surface area contributed by atoms with Gasteiger partial charge in [0.05, 0.1) is 5.92 Å². The van der Waals surface area contributed by atoms with Crippen molar-refractivity contribution in [3.05, 3.63) is 41.5 Å². The first kappa shape index (κ1) is 19.4. The van der Waals surface area contributed by atoms with Crippen LogP contribution in [0.2, 0.25) is 0 Å². The van der Waals surface area contributed by atoms with Gasteiger partial charge in [-0.3, -0.25) is 19.2 Å². The molecule has 1 saturated heterocycles. The van der Waals surface area contributed by atoms with Crippen molar-refractivity contribution in [2.24, 2.45) is 5.92 Å². The number of hydrogen-bond acceptors (Lipinski definition) is 4. The van der Waals surface area contributed by atoms with Gasteiger partial charge in [0.25, 0.3) is 0 Å². The van der Waals surface area contributed by atoms with E-state index in [1.807, 2.05) is 0 Å². The third-order valence-electron chi connectivity index (χ3n) is 4.38. The summed E-state index contributed by atoms with van der Waals surface area (Å²) in [7, 11) is 0. The molecule has 1 heterocycles. The largest absolute Gasteiger partial charge is 0.481 e. The minimum atomic E-state index is -0.834. The smallest absolute Gasteiger partial charge is 0.306 e. The lowest BCUT2D eigenvalue weighted by Crippen LogP contribution is -2.40. The summed E-state index contributed by atoms with van der Waals surface area (Å²) in [6.45, 7) is 3.76. The predicted molar refractivity (Wildman–Crippen MR) is 95.8 cm³/mol. The van der Waals surface area contributed by atoms with E-state index in [1.54, 1.807) is 36.1 Å². The van der Waals surface area contributed by atoms with Crippen molar-refractivity contribution in [1.82, 2.24) is 4.90 Å². The summed E-state index contributed by atoms with van der Waals surface area (Å²) in [6, 6.07) is 6.48. The zero-order valence-corrected chi connectivity index (χ0v) is 14.8. The van der Waals surface area contributed by atoms with Crippen LogP contribution in [0.15, 0.2) is 35.9 Å². The zero-order chi connectivity index (χ0) is 19.3. The van der Waals surface area contributed by atoms with Crippen LogP contribution in [-0.2, 0) is 14.4 Å². The first-order valence-electron chi connectivity index (χ1n) is 8.40. The van der Waals surface area contributed by atoms with Gasteiger partial charge >= 0.3 is 5.97 Å². The molecule has 0 spiro atoms. The van der Waals surface area contributed by atoms with E-state index in [4.69, 9.17) is 5.11 Å². The number of aliphatic carboxylic acids is 1. The van der Waals surface area contributed by atoms with Crippen molar-refractivity contribution >= 4 is 29.3 Å². The number of nitrogens with zero attached hydrogens (tertiary/aromatic N) is 1. The maximum absolute atomic E-state index is 12.4. The molecule has 0 unspecified atom stereocenters. The van der Waals surface area contributed by atoms with E-state index in [0.717, 1.165) is 0 Å². The van der Waals surface area contributed by atoms with Crippen molar-refractivity contribution in [2.45, 2.75) is 26.7 Å². The lowest BCUT2D eigenvalue weighted by atomic mass is 9.96. The minimum absolute atomic E-state index is 0.0594. The SMILES string of the molecule is CC(=O)c1ccc(NC(=O)/C=C(\C)C(=O)N2CCC(C(=O)O)CC2)cc1. The highest BCUT2D eigenvalue weighted by atomic mass is 16.4. The molecule has 1 aliphatic rings. The number of carboxylic acids is 1. The van der Waals surface area contributed by atoms with Crippen LogP contribution in [0.4, 0.5) is 5.69 Å². The van der Waals surface area contributed by atoms with Crippen LogP contribution in [0.1, 0.15) is 37.0 Å². The van der Waals surface area contributed by atoms with E-state index in [9.17, 15) is 19.2 Å². The molecule has 1 aromatic rings. The quantitative estimate of drug-likeness (QED) is 0.620. The number of carbonyl (C=O) groups excluding carboxylic acids is 3. The molecule has 0 aromatic heterocycles. The van der Waals surface area contributed by atoms with Gasteiger partial charge in [-0.2, -0.15) is 0 Å². The van der Waals surface area contributed by atoms with E-state index in [2.05, 4.69) is 5.32 Å². The van der Waals surface area contributed by atoms with Crippen LogP contribution >= 0.6 is 0 Å². The molecule has 7 heteroatoms. The number of amides is 2. The van der Waals surface area contributed by atoms with Crippen molar-refractivity contribution in [3.63, 3.8) is 0 Å². The summed E-state index contributed by atoms with van der Waals surface area (Å²) in [4.78, 5) is 48.2. The van der Waals surface area contributed by atoms with E-state index in [-0.39, 0.29) is 17.3 Å². The zero-order valence-electron chi connectivity index (χ0n) is 14.8. The van der Waals surface area contributed by atoms with Crippen molar-refractivity contribution in [2.75, 3.05) is 18.4 Å². The highest BCUT2D eigenvalue weighted by molar-refractivity contribution is 6.06. The molecule has 7 nitrogen and oxygen atoms in total. The molecule has 0 atom stereocenters. The third-order valence-corrected chi connectivity index (χ3v) is 4.38. The topological polar surface area (TPSA) is 104 Å². The maximum atomic E-state index is 12.4. The number of ketones is 1. The Morgan fingerprint density at radius 1 is 1.08 bits per heavy atom. The normalized spacial score (nSPS) is 15.5. The Bertz CT molecular complexity index is 744. The third kappa shape index (κ3) is 5.02. The summed E-state index contributed by atoms with van der Waals surface area (Å²) < 4.78 is 0. The molecule has 2 amide bonds. The second-order valence-electron chi connectivity index (χ2n) is 6.35. The summed E-state index contributed by atoms with van der Waals surface area (Å²) in [5.41, 5.74) is 1.37. The van der Waals surface area contributed by atoms with Gasteiger partial charge in [0.15, 0.2) is 5.78 Å². The summed E-state index contributed by atoms with van der Waals surface area (Å²) in [5, 5.41) is 11.6. The lowest BCUT2D eigenvalue weighted by Gasteiger charge is -2.30. The van der Waals surface area contributed by atoms with E-state index < -0.39 is 17.8 Å². The van der Waals surface area contributed by atoms with Crippen molar-refractivity contribution in [1.29, 1.82) is 0 Å². The molecule has 0 radical (unpaired) electrons. The molecule has 1 aliphatic heterocycles. The van der Waals surface area contributed by atoms with Gasteiger partial charge in [0.1, 0.15) is 0 Å². The van der Waals surface area contributed by atoms with Gasteiger partial charge in [-0.1, -0.05) is 0 Å². The molecule has 1 aromatic carbocycles. The molecule has 0 aliphatic carbocycles. The monoisotopic (exact) mass is 358 g/mol. The maximum Gasteiger partial charge on any atom is 0.306 e. The van der Waals surface area contributed by atoms with Gasteiger partial charge in [-0.05, 0) is 51.0 Å². The van der Waals surface area contributed by atoms with Crippen LogP contribution in [0.3, 0.4) is 0 Å². The predicted octanol–water partition coefficient (Wildman–Crippen LogP) is 2.10. The number of rotatable bonds is 5. The highest BCUT2D eigenvalue weighted by Gasteiger charge is 2.27. The average molecular weight is 358 g/mol. The van der Waals surface area contributed by atoms with Gasteiger partial charge in [-0.15, -0.1) is 0 Å². The molecule has 2 rings (SSSR count). The van der Waals surface area contributed by atoms with Gasteiger partial charge in [-0.25, -0.2) is 0 Å². The molecule has 0 saturated carbocycles. The molecular weight excluding hydrogens is 336 g/mol. The highest BCUT2D eigenvalue weighted by Crippen LogP contribution is 2.19. The molecular formula is C19H22N2O5. The van der Waals surface area contributed by atoms with Gasteiger partial charge < -0.3 is 15.3 Å². The lowest BCUT2D eigenvalue weighted by molar-refractivity contribution is -0.145. The Labute approximate surface area is 151 Å². The Hall–Kier alpha value is -2.96. The summed E-state index contributed by atoms with van der Waals surface area (Å²) in [6.07, 6.45) is 2.07. The number of anilines is 1. The Balaban J connectivity index is 1.93. The second kappa shape index (κ2) is 8.42. The first-order chi connectivity index (χ1) is 12.3. The molecule has 0 bridgehead atoms. The van der Waals surface area contributed by atoms with Crippen LogP contribution in [0, 0.1) is 5.92 Å². The number of piperidine rings is 1. The fourth-order valence-electron chi connectivity index (χ4n) is 2.80. The summed E-state index contributed by atoms with van der Waals surface area (Å²) >= 11 is 0. The minimum Gasteiger partial charge on any atom is -0.481 e. The molecule has 26 heavy (non-hydrogen) atoms. The van der Waals surface area contributed by atoms with Crippen LogP contribution in [-0.4, -0.2) is 46.7 Å². The number of benzene rings is 1. The van der Waals surface area contributed by atoms with Gasteiger partial charge in [0.2, 0.25) is 11.8 Å². The van der Waals surface area contributed by atoms with E-state index >= 15 is 0 Å². The number of likely N-dealkylation sites (tertiary alicyclic amines) is 1. The average Bonchev–Trinajstić information content (AvgIpc) is 2.61. The number of carboxylic acid groups (broad SMARTS) is 1. The number of carbonyl (C=O) groups is 4. The van der Waals surface area contributed by atoms with Crippen LogP contribution in [0.25, 0.3) is 0 Å². The van der Waals surface area contributed by atoms with Gasteiger partial charge in [0, 0.05) is 36.0 Å². The Morgan fingerprint density at radius 3 is 2.15 bits per heavy atom. The number of hydrogen-bond donors (Lipinski definition) is 2. The fraction of sp³-hybridized carbons (Fsp3) is 0.368. The Morgan fingerprint density at radius 2 is 1.65 bits per heavy atom. The van der Waals surface area contributed by atoms with Crippen molar-refractivity contribution in [3.8, 4) is 0 Å². The molecule has 2 N–H and O–H groups in total. The second-order valence-corrected chi connectivity index (χ2v) is 6.35. The first-order valence-corrected chi connectivity index (χ1v) is 8.40. The van der Waals surface area contributed by atoms with Crippen LogP contribution < -0.4 is 5.32 Å². The standard InChI is InChI=1S/C19H22N2O5/c1-12(18(24)21-9-7-15(8-10-21)19(25)26)11-17(23)20-16-5-3-14(4-6-16)13(2)22/h3-6,11,15H,7-10H2,1-2H3,(H,20,23)(H,25,26)/b12-11+. The number of Topliss-reactive ketones (excluding diaryl/α,β-unsaturated/α-hetero) is 1. The van der Waals surface area contributed by atoms with Crippen molar-refractivity contribution < 1.29 is 24.3 Å². The molecule has 1 fully saturated rings. The fourth-order valence-corrected chi connectivity index (χ4v) is 2.80. The summed E-state index contributed by atoms with van der Waals surface area (Å²) in [5.74, 6) is -2.01. The number of nitrogens with one attached hydrogen (secondary N) is 1.